The van der Waals surface area contributed by atoms with Gasteiger partial charge in [0, 0.05) is 17.1 Å². The van der Waals surface area contributed by atoms with Crippen LogP contribution in [0.5, 0.6) is 5.75 Å². The minimum absolute atomic E-state index is 0.0629. The minimum atomic E-state index is -0.593. The van der Waals surface area contributed by atoms with Gasteiger partial charge in [0.2, 0.25) is 0 Å². The third-order valence-electron chi connectivity index (χ3n) is 2.76. The lowest BCUT2D eigenvalue weighted by Gasteiger charge is -2.14. The number of carbonyl (C=O) groups excluding carboxylic acids is 1. The van der Waals surface area contributed by atoms with Crippen molar-refractivity contribution in [3.63, 3.8) is 0 Å². The number of hydrogen-bond donors (Lipinski definition) is 2. The number of nitrogens with one attached hydrogen (secondary N) is 1. The molecule has 0 unspecified atom stereocenters. The molecular weight excluding hydrogens is 216 g/mol. The maximum absolute atomic E-state index is 11.8. The maximum Gasteiger partial charge on any atom is 0.328 e. The lowest BCUT2D eigenvalue weighted by molar-refractivity contribution is -0.136. The first kappa shape index (κ1) is 11.7. The lowest BCUT2D eigenvalue weighted by Crippen LogP contribution is -2.38. The van der Waals surface area contributed by atoms with E-state index in [1.165, 1.54) is 0 Å². The van der Waals surface area contributed by atoms with Crippen molar-refractivity contribution in [1.29, 1.82) is 0 Å². The van der Waals surface area contributed by atoms with Crippen LogP contribution in [0.15, 0.2) is 30.5 Å². The standard InChI is InChI=1S/C13H16N2O2/c1-8(2)12(14)13(16)17-11-5-3-4-10-9(11)6-7-15-10/h3-8,12,15H,14H2,1-2H3/t12-/m0/s1. The van der Waals surface area contributed by atoms with Gasteiger partial charge in [0.1, 0.15) is 11.8 Å². The summed E-state index contributed by atoms with van der Waals surface area (Å²) in [6.07, 6.45) is 1.81. The molecule has 0 saturated heterocycles. The molecule has 0 aliphatic rings. The fourth-order valence-corrected chi connectivity index (χ4v) is 1.59. The summed E-state index contributed by atoms with van der Waals surface area (Å²) < 4.78 is 5.33. The van der Waals surface area contributed by atoms with Crippen LogP contribution in [0.25, 0.3) is 10.9 Å². The van der Waals surface area contributed by atoms with Gasteiger partial charge in [-0.2, -0.15) is 0 Å². The molecular formula is C13H16N2O2. The van der Waals surface area contributed by atoms with Crippen LogP contribution in [0, 0.1) is 5.92 Å². The van der Waals surface area contributed by atoms with Crippen molar-refractivity contribution in [2.45, 2.75) is 19.9 Å². The van der Waals surface area contributed by atoms with Crippen molar-refractivity contribution in [3.8, 4) is 5.75 Å². The Morgan fingerprint density at radius 1 is 1.35 bits per heavy atom. The number of H-pyrrole nitrogens is 1. The molecule has 0 amide bonds. The molecule has 4 heteroatoms. The second-order valence-electron chi connectivity index (χ2n) is 4.39. The van der Waals surface area contributed by atoms with Crippen LogP contribution < -0.4 is 10.5 Å². The molecule has 1 atom stereocenters. The molecule has 0 spiro atoms. The van der Waals surface area contributed by atoms with E-state index in [0.29, 0.717) is 5.75 Å². The Hall–Kier alpha value is -1.81. The van der Waals surface area contributed by atoms with E-state index in [9.17, 15) is 4.79 Å². The Morgan fingerprint density at radius 3 is 2.82 bits per heavy atom. The van der Waals surface area contributed by atoms with Crippen molar-refractivity contribution >= 4 is 16.9 Å². The molecule has 0 aliphatic carbocycles. The summed E-state index contributed by atoms with van der Waals surface area (Å²) in [5, 5.41) is 0.886. The van der Waals surface area contributed by atoms with Gasteiger partial charge in [0.05, 0.1) is 0 Å². The van der Waals surface area contributed by atoms with Crippen LogP contribution in [0.2, 0.25) is 0 Å². The lowest BCUT2D eigenvalue weighted by atomic mass is 10.1. The summed E-state index contributed by atoms with van der Waals surface area (Å²) in [5.41, 5.74) is 6.68. The summed E-state index contributed by atoms with van der Waals surface area (Å²) in [6.45, 7) is 3.78. The van der Waals surface area contributed by atoms with Gasteiger partial charge < -0.3 is 15.5 Å². The molecule has 17 heavy (non-hydrogen) atoms. The van der Waals surface area contributed by atoms with Crippen LogP contribution in [0.1, 0.15) is 13.8 Å². The van der Waals surface area contributed by atoms with E-state index < -0.39 is 12.0 Å². The van der Waals surface area contributed by atoms with Crippen molar-refractivity contribution in [2.75, 3.05) is 0 Å². The number of ether oxygens (including phenoxy) is 1. The highest BCUT2D eigenvalue weighted by molar-refractivity contribution is 5.89. The monoisotopic (exact) mass is 232 g/mol. The number of aromatic amines is 1. The average Bonchev–Trinajstić information content (AvgIpc) is 2.76. The Labute approximate surface area is 99.8 Å². The first-order valence-electron chi connectivity index (χ1n) is 5.63. The van der Waals surface area contributed by atoms with Crippen LogP contribution in [-0.4, -0.2) is 17.0 Å². The predicted octanol–water partition coefficient (Wildman–Crippen LogP) is 2.06. The third-order valence-corrected chi connectivity index (χ3v) is 2.76. The summed E-state index contributed by atoms with van der Waals surface area (Å²) in [6, 6.07) is 6.81. The highest BCUT2D eigenvalue weighted by Crippen LogP contribution is 2.24. The fourth-order valence-electron chi connectivity index (χ4n) is 1.59. The van der Waals surface area contributed by atoms with Crippen molar-refractivity contribution in [2.24, 2.45) is 11.7 Å². The molecule has 1 aromatic carbocycles. The number of rotatable bonds is 3. The zero-order valence-electron chi connectivity index (χ0n) is 9.94. The molecule has 4 nitrogen and oxygen atoms in total. The zero-order chi connectivity index (χ0) is 12.4. The van der Waals surface area contributed by atoms with Gasteiger partial charge in [0.25, 0.3) is 0 Å². The highest BCUT2D eigenvalue weighted by atomic mass is 16.5. The van der Waals surface area contributed by atoms with E-state index in [0.717, 1.165) is 10.9 Å². The number of carbonyl (C=O) groups is 1. The van der Waals surface area contributed by atoms with Gasteiger partial charge >= 0.3 is 5.97 Å². The quantitative estimate of drug-likeness (QED) is 0.628. The maximum atomic E-state index is 11.8. The van der Waals surface area contributed by atoms with Gasteiger partial charge in [-0.1, -0.05) is 19.9 Å². The second-order valence-corrected chi connectivity index (χ2v) is 4.39. The molecule has 0 fully saturated rings. The summed E-state index contributed by atoms with van der Waals surface area (Å²) in [7, 11) is 0. The molecule has 3 N–H and O–H groups in total. The van der Waals surface area contributed by atoms with Crippen molar-refractivity contribution < 1.29 is 9.53 Å². The van der Waals surface area contributed by atoms with Gasteiger partial charge in [-0.25, -0.2) is 4.79 Å². The molecule has 0 radical (unpaired) electrons. The molecule has 0 aliphatic heterocycles. The van der Waals surface area contributed by atoms with E-state index in [-0.39, 0.29) is 5.92 Å². The van der Waals surface area contributed by atoms with Gasteiger partial charge in [-0.15, -0.1) is 0 Å². The number of aromatic nitrogens is 1. The fraction of sp³-hybridized carbons (Fsp3) is 0.308. The number of benzene rings is 1. The minimum Gasteiger partial charge on any atom is -0.425 e. The first-order chi connectivity index (χ1) is 8.09. The van der Waals surface area contributed by atoms with Crippen molar-refractivity contribution in [1.82, 2.24) is 4.98 Å². The molecule has 1 aromatic heterocycles. The summed E-state index contributed by atoms with van der Waals surface area (Å²) in [4.78, 5) is 14.8. The number of esters is 1. The van der Waals surface area contributed by atoms with Crippen LogP contribution in [0.4, 0.5) is 0 Å². The van der Waals surface area contributed by atoms with Crippen molar-refractivity contribution in [3.05, 3.63) is 30.5 Å². The predicted molar refractivity (Wildman–Crippen MR) is 66.7 cm³/mol. The zero-order valence-corrected chi connectivity index (χ0v) is 9.94. The van der Waals surface area contributed by atoms with Crippen LogP contribution in [0.3, 0.4) is 0 Å². The van der Waals surface area contributed by atoms with Gasteiger partial charge in [-0.3, -0.25) is 0 Å². The third kappa shape index (κ3) is 2.31. The molecule has 1 heterocycles. The summed E-state index contributed by atoms with van der Waals surface area (Å²) >= 11 is 0. The van der Waals surface area contributed by atoms with Gasteiger partial charge in [-0.05, 0) is 24.1 Å². The summed E-state index contributed by atoms with van der Waals surface area (Å²) in [5.74, 6) is 0.214. The van der Waals surface area contributed by atoms with Crippen LogP contribution >= 0.6 is 0 Å². The normalized spacial score (nSPS) is 12.9. The van der Waals surface area contributed by atoms with E-state index in [1.807, 2.05) is 38.2 Å². The molecule has 0 bridgehead atoms. The average molecular weight is 232 g/mol. The smallest absolute Gasteiger partial charge is 0.328 e. The molecule has 2 aromatic rings. The van der Waals surface area contributed by atoms with E-state index >= 15 is 0 Å². The molecule has 2 rings (SSSR count). The number of nitrogens with two attached hydrogens (primary N) is 1. The highest BCUT2D eigenvalue weighted by Gasteiger charge is 2.20. The topological polar surface area (TPSA) is 68.1 Å². The Bertz CT molecular complexity index is 531. The van der Waals surface area contributed by atoms with E-state index in [2.05, 4.69) is 4.98 Å². The van der Waals surface area contributed by atoms with Gasteiger partial charge in [0.15, 0.2) is 0 Å². The van der Waals surface area contributed by atoms with Crippen LogP contribution in [-0.2, 0) is 4.79 Å². The largest absolute Gasteiger partial charge is 0.425 e. The molecule has 0 saturated carbocycles. The Kier molecular flexibility index (Phi) is 3.15. The number of hydrogen-bond acceptors (Lipinski definition) is 3. The van der Waals surface area contributed by atoms with E-state index in [4.69, 9.17) is 10.5 Å². The Morgan fingerprint density at radius 2 is 2.12 bits per heavy atom. The SMILES string of the molecule is CC(C)[C@H](N)C(=O)Oc1cccc2[nH]ccc12. The second kappa shape index (κ2) is 4.59. The molecule has 90 valence electrons. The Balaban J connectivity index is 2.24. The number of fused-ring (bicyclic) bond motifs is 1. The first-order valence-corrected chi connectivity index (χ1v) is 5.63. The van der Waals surface area contributed by atoms with E-state index in [1.54, 1.807) is 6.07 Å².